The Kier molecular flexibility index (Phi) is 3.05. The number of hydrogen-bond donors (Lipinski definition) is 1. The van der Waals surface area contributed by atoms with Crippen LogP contribution in [0.2, 0.25) is 0 Å². The lowest BCUT2D eigenvalue weighted by atomic mass is 10.1. The first-order valence-corrected chi connectivity index (χ1v) is 6.92. The molecule has 0 radical (unpaired) electrons. The molecule has 0 aliphatic heterocycles. The number of aromatic carboxylic acids is 1. The molecule has 3 aromatic rings. The molecule has 0 unspecified atom stereocenters. The Balaban J connectivity index is 2.43. The van der Waals surface area contributed by atoms with Crippen molar-refractivity contribution in [1.29, 1.82) is 0 Å². The molecule has 2 aromatic carbocycles. The van der Waals surface area contributed by atoms with Gasteiger partial charge in [-0.1, -0.05) is 28.0 Å². The molecule has 21 heavy (non-hydrogen) atoms. The SMILES string of the molecule is [2H]c1ccc2c(c1)c(=O)c(C(=O)O)cn2-c1ccc(Br)cc1. The number of carbonyl (C=O) groups is 1. The van der Waals surface area contributed by atoms with Crippen LogP contribution in [0.4, 0.5) is 0 Å². The van der Waals surface area contributed by atoms with E-state index in [1.54, 1.807) is 16.7 Å². The number of benzene rings is 2. The zero-order valence-corrected chi connectivity index (χ0v) is 12.3. The lowest BCUT2D eigenvalue weighted by molar-refractivity contribution is 0.0695. The molecule has 0 amide bonds. The van der Waals surface area contributed by atoms with Crippen molar-refractivity contribution >= 4 is 32.8 Å². The molecule has 0 saturated heterocycles. The van der Waals surface area contributed by atoms with E-state index in [0.29, 0.717) is 5.52 Å². The molecule has 1 N–H and O–H groups in total. The van der Waals surface area contributed by atoms with Gasteiger partial charge >= 0.3 is 5.97 Å². The average Bonchev–Trinajstić information content (AvgIpc) is 2.49. The Morgan fingerprint density at radius 3 is 2.57 bits per heavy atom. The van der Waals surface area contributed by atoms with Gasteiger partial charge in [0, 0.05) is 21.7 Å². The summed E-state index contributed by atoms with van der Waals surface area (Å²) in [5.41, 5.74) is 0.396. The molecule has 5 heteroatoms. The summed E-state index contributed by atoms with van der Waals surface area (Å²) in [5.74, 6) is -1.28. The number of carboxylic acid groups (broad SMARTS) is 1. The van der Waals surface area contributed by atoms with Crippen molar-refractivity contribution in [3.63, 3.8) is 0 Å². The van der Waals surface area contributed by atoms with Gasteiger partial charge in [-0.2, -0.15) is 0 Å². The number of rotatable bonds is 2. The number of fused-ring (bicyclic) bond motifs is 1. The van der Waals surface area contributed by atoms with Crippen molar-refractivity contribution in [2.24, 2.45) is 0 Å². The number of hydrogen-bond acceptors (Lipinski definition) is 2. The van der Waals surface area contributed by atoms with Crippen molar-refractivity contribution in [2.75, 3.05) is 0 Å². The maximum atomic E-state index is 12.3. The highest BCUT2D eigenvalue weighted by Crippen LogP contribution is 2.19. The van der Waals surface area contributed by atoms with Gasteiger partial charge in [-0.3, -0.25) is 4.79 Å². The van der Waals surface area contributed by atoms with E-state index in [2.05, 4.69) is 15.9 Å². The van der Waals surface area contributed by atoms with Crippen molar-refractivity contribution in [3.8, 4) is 5.69 Å². The molecule has 4 nitrogen and oxygen atoms in total. The largest absolute Gasteiger partial charge is 0.477 e. The zero-order chi connectivity index (χ0) is 15.9. The van der Waals surface area contributed by atoms with E-state index in [1.165, 1.54) is 12.3 Å². The summed E-state index contributed by atoms with van der Waals surface area (Å²) >= 11 is 3.35. The summed E-state index contributed by atoms with van der Waals surface area (Å²) < 4.78 is 10.2. The fourth-order valence-electron chi connectivity index (χ4n) is 2.18. The molecule has 0 fully saturated rings. The van der Waals surface area contributed by atoms with E-state index in [0.717, 1.165) is 10.2 Å². The van der Waals surface area contributed by atoms with Crippen molar-refractivity contribution in [1.82, 2.24) is 4.57 Å². The molecule has 0 aliphatic carbocycles. The van der Waals surface area contributed by atoms with Crippen molar-refractivity contribution in [3.05, 3.63) is 75.0 Å². The summed E-state index contributed by atoms with van der Waals surface area (Å²) in [6.07, 6.45) is 1.32. The monoisotopic (exact) mass is 344 g/mol. The second-order valence-corrected chi connectivity index (χ2v) is 5.38. The van der Waals surface area contributed by atoms with Crippen LogP contribution in [0, 0.1) is 0 Å². The van der Waals surface area contributed by atoms with Gasteiger partial charge in [0.1, 0.15) is 5.56 Å². The van der Waals surface area contributed by atoms with Crippen molar-refractivity contribution < 1.29 is 11.3 Å². The second kappa shape index (κ2) is 5.18. The van der Waals surface area contributed by atoms with Gasteiger partial charge in [-0.05, 0) is 36.4 Å². The molecule has 0 bridgehead atoms. The van der Waals surface area contributed by atoms with E-state index in [4.69, 9.17) is 1.37 Å². The Hall–Kier alpha value is -2.40. The van der Waals surface area contributed by atoms with Crippen molar-refractivity contribution in [2.45, 2.75) is 0 Å². The fraction of sp³-hybridized carbons (Fsp3) is 0. The van der Waals surface area contributed by atoms with Crippen LogP contribution in [0.25, 0.3) is 16.6 Å². The van der Waals surface area contributed by atoms with Crippen LogP contribution in [0.15, 0.2) is 64.0 Å². The Bertz CT molecular complexity index is 948. The summed E-state index contributed by atoms with van der Waals surface area (Å²) in [6, 6.07) is 12.1. The van der Waals surface area contributed by atoms with Crippen LogP contribution in [-0.4, -0.2) is 15.6 Å². The highest BCUT2D eigenvalue weighted by molar-refractivity contribution is 9.10. The maximum Gasteiger partial charge on any atom is 0.341 e. The first-order chi connectivity index (χ1) is 10.5. The number of carboxylic acids is 1. The predicted octanol–water partition coefficient (Wildman–Crippen LogP) is 3.45. The number of aromatic nitrogens is 1. The fourth-order valence-corrected chi connectivity index (χ4v) is 2.45. The summed E-state index contributed by atoms with van der Waals surface area (Å²) in [7, 11) is 0. The van der Waals surface area contributed by atoms with Crippen LogP contribution < -0.4 is 5.43 Å². The van der Waals surface area contributed by atoms with Crippen LogP contribution in [0.1, 0.15) is 11.7 Å². The predicted molar refractivity (Wildman–Crippen MR) is 84.2 cm³/mol. The first kappa shape index (κ1) is 12.3. The molecular weight excluding hydrogens is 334 g/mol. The third-order valence-corrected chi connectivity index (χ3v) is 3.71. The summed E-state index contributed by atoms with van der Waals surface area (Å²) in [4.78, 5) is 23.6. The molecule has 1 heterocycles. The lowest BCUT2D eigenvalue weighted by Gasteiger charge is -2.12. The van der Waals surface area contributed by atoms with Gasteiger partial charge in [0.25, 0.3) is 0 Å². The van der Waals surface area contributed by atoms with Crippen LogP contribution in [0.5, 0.6) is 0 Å². The van der Waals surface area contributed by atoms with Crippen LogP contribution in [0.3, 0.4) is 0 Å². The Morgan fingerprint density at radius 1 is 1.19 bits per heavy atom. The lowest BCUT2D eigenvalue weighted by Crippen LogP contribution is -2.18. The van der Waals surface area contributed by atoms with Gasteiger partial charge in [0.05, 0.1) is 6.89 Å². The topological polar surface area (TPSA) is 59.3 Å². The third kappa shape index (κ3) is 2.36. The molecule has 0 atom stereocenters. The zero-order valence-electron chi connectivity index (χ0n) is 11.7. The smallest absolute Gasteiger partial charge is 0.341 e. The van der Waals surface area contributed by atoms with E-state index in [-0.39, 0.29) is 17.0 Å². The average molecular weight is 345 g/mol. The normalized spacial score (nSPS) is 11.4. The van der Waals surface area contributed by atoms with E-state index < -0.39 is 11.4 Å². The Labute approximate surface area is 129 Å². The highest BCUT2D eigenvalue weighted by Gasteiger charge is 2.14. The van der Waals surface area contributed by atoms with Gasteiger partial charge < -0.3 is 9.67 Å². The highest BCUT2D eigenvalue weighted by atomic mass is 79.9. The Morgan fingerprint density at radius 2 is 1.90 bits per heavy atom. The van der Waals surface area contributed by atoms with Gasteiger partial charge in [-0.25, -0.2) is 4.79 Å². The molecule has 0 aliphatic rings. The maximum absolute atomic E-state index is 12.3. The number of pyridine rings is 1. The summed E-state index contributed by atoms with van der Waals surface area (Å²) in [5, 5.41) is 9.46. The molecule has 1 aromatic heterocycles. The van der Waals surface area contributed by atoms with E-state index in [9.17, 15) is 14.7 Å². The first-order valence-electron chi connectivity index (χ1n) is 6.62. The minimum Gasteiger partial charge on any atom is -0.477 e. The van der Waals surface area contributed by atoms with Gasteiger partial charge in [0.2, 0.25) is 5.43 Å². The third-order valence-electron chi connectivity index (χ3n) is 3.18. The van der Waals surface area contributed by atoms with E-state index in [1.807, 2.05) is 24.3 Å². The van der Waals surface area contributed by atoms with E-state index >= 15 is 0 Å². The van der Waals surface area contributed by atoms with Crippen LogP contribution >= 0.6 is 15.9 Å². The van der Waals surface area contributed by atoms with Gasteiger partial charge in [-0.15, -0.1) is 0 Å². The number of para-hydroxylation sites is 1. The standard InChI is InChI=1S/C16H10BrNO3/c17-10-5-7-11(8-6-10)18-9-13(16(20)21)15(19)12-3-1-2-4-14(12)18/h1-9H,(H,20,21)/i1D. The van der Waals surface area contributed by atoms with Crippen LogP contribution in [-0.2, 0) is 0 Å². The molecule has 3 rings (SSSR count). The minimum absolute atomic E-state index is 0.162. The molecule has 0 spiro atoms. The molecule has 0 saturated carbocycles. The minimum atomic E-state index is -1.28. The summed E-state index contributed by atoms with van der Waals surface area (Å²) in [6.45, 7) is 0. The molecule has 104 valence electrons. The quantitative estimate of drug-likeness (QED) is 0.774. The number of halogens is 1. The second-order valence-electron chi connectivity index (χ2n) is 4.47. The molecular formula is C16H10BrNO3. The van der Waals surface area contributed by atoms with Gasteiger partial charge in [0.15, 0.2) is 0 Å². The number of nitrogens with zero attached hydrogens (tertiary/aromatic N) is 1.